The quantitative estimate of drug-likeness (QED) is 0.811. The van der Waals surface area contributed by atoms with Gasteiger partial charge >= 0.3 is 0 Å². The van der Waals surface area contributed by atoms with Crippen LogP contribution in [0.1, 0.15) is 18.4 Å². The summed E-state index contributed by atoms with van der Waals surface area (Å²) in [4.78, 5) is 9.43. The highest BCUT2D eigenvalue weighted by Gasteiger charge is 2.12. The van der Waals surface area contributed by atoms with Gasteiger partial charge in [-0.25, -0.2) is 4.98 Å². The molecule has 1 aliphatic rings. The van der Waals surface area contributed by atoms with E-state index in [-0.39, 0.29) is 0 Å². The molecule has 1 saturated heterocycles. The minimum atomic E-state index is 0.423. The fourth-order valence-corrected chi connectivity index (χ4v) is 2.32. The van der Waals surface area contributed by atoms with Crippen LogP contribution in [0.3, 0.4) is 0 Å². The molecule has 1 aliphatic heterocycles. The molecule has 98 valence electrons. The van der Waals surface area contributed by atoms with Crippen molar-refractivity contribution in [3.8, 4) is 0 Å². The molecule has 0 atom stereocenters. The topological polar surface area (TPSA) is 45.4 Å². The van der Waals surface area contributed by atoms with Gasteiger partial charge in [-0.15, -0.1) is 0 Å². The van der Waals surface area contributed by atoms with Gasteiger partial charge in [0.25, 0.3) is 0 Å². The monoisotopic (exact) mass is 264 g/mol. The Bertz CT molecular complexity index is 415. The predicted molar refractivity (Wildman–Crippen MR) is 79.1 cm³/mol. The average molecular weight is 264 g/mol. The highest BCUT2D eigenvalue weighted by molar-refractivity contribution is 7.80. The summed E-state index contributed by atoms with van der Waals surface area (Å²) in [6.07, 6.45) is 4.42. The third-order valence-electron chi connectivity index (χ3n) is 3.37. The Hall–Kier alpha value is -1.20. The van der Waals surface area contributed by atoms with Crippen molar-refractivity contribution in [3.05, 3.63) is 23.9 Å². The fourth-order valence-electron chi connectivity index (χ4n) is 2.19. The lowest BCUT2D eigenvalue weighted by atomic mass is 10.2. The normalized spacial score (nSPS) is 15.8. The van der Waals surface area contributed by atoms with Crippen molar-refractivity contribution in [1.29, 1.82) is 0 Å². The number of nitrogens with zero attached hydrogens (tertiary/aromatic N) is 3. The first kappa shape index (κ1) is 13.2. The van der Waals surface area contributed by atoms with Gasteiger partial charge in [0.15, 0.2) is 0 Å². The number of aromatic nitrogens is 1. The zero-order valence-corrected chi connectivity index (χ0v) is 11.6. The van der Waals surface area contributed by atoms with Gasteiger partial charge in [-0.1, -0.05) is 12.2 Å². The standard InChI is InChI=1S/C13H20N4S/c1-16(8-9-17-6-2-3-7-17)12-10-11(13(14)18)4-5-15-12/h4-5,10H,2-3,6-9H2,1H3,(H2,14,18). The number of rotatable bonds is 5. The minimum Gasteiger partial charge on any atom is -0.389 e. The summed E-state index contributed by atoms with van der Waals surface area (Å²) in [5.74, 6) is 0.930. The summed E-state index contributed by atoms with van der Waals surface area (Å²) in [5, 5.41) is 0. The molecule has 0 unspecified atom stereocenters. The van der Waals surface area contributed by atoms with E-state index in [2.05, 4.69) is 21.8 Å². The van der Waals surface area contributed by atoms with Gasteiger partial charge in [0.2, 0.25) is 0 Å². The van der Waals surface area contributed by atoms with Crippen LogP contribution in [0.4, 0.5) is 5.82 Å². The lowest BCUT2D eigenvalue weighted by molar-refractivity contribution is 0.346. The predicted octanol–water partition coefficient (Wildman–Crippen LogP) is 1.25. The second-order valence-corrected chi connectivity index (χ2v) is 5.18. The molecule has 0 radical (unpaired) electrons. The zero-order valence-electron chi connectivity index (χ0n) is 10.8. The number of nitrogens with two attached hydrogens (primary N) is 1. The molecule has 1 aromatic heterocycles. The molecule has 2 rings (SSSR count). The van der Waals surface area contributed by atoms with Gasteiger partial charge in [0.05, 0.1) is 0 Å². The molecule has 4 nitrogen and oxygen atoms in total. The van der Waals surface area contributed by atoms with E-state index in [1.807, 2.05) is 12.1 Å². The van der Waals surface area contributed by atoms with E-state index in [0.717, 1.165) is 24.5 Å². The first-order chi connectivity index (χ1) is 8.66. The van der Waals surface area contributed by atoms with Crippen molar-refractivity contribution in [2.45, 2.75) is 12.8 Å². The summed E-state index contributed by atoms with van der Waals surface area (Å²) in [6, 6.07) is 3.80. The van der Waals surface area contributed by atoms with Crippen LogP contribution in [0.25, 0.3) is 0 Å². The summed E-state index contributed by atoms with van der Waals surface area (Å²) in [5.41, 5.74) is 6.51. The molecule has 18 heavy (non-hydrogen) atoms. The molecule has 1 fully saturated rings. The Morgan fingerprint density at radius 2 is 2.22 bits per heavy atom. The maximum absolute atomic E-state index is 5.63. The van der Waals surface area contributed by atoms with E-state index < -0.39 is 0 Å². The van der Waals surface area contributed by atoms with Crippen molar-refractivity contribution in [2.24, 2.45) is 5.73 Å². The number of anilines is 1. The molecule has 0 saturated carbocycles. The van der Waals surface area contributed by atoms with E-state index in [9.17, 15) is 0 Å². The third-order valence-corrected chi connectivity index (χ3v) is 3.61. The molecular weight excluding hydrogens is 244 g/mol. The zero-order chi connectivity index (χ0) is 13.0. The van der Waals surface area contributed by atoms with Crippen LogP contribution in [-0.2, 0) is 0 Å². The van der Waals surface area contributed by atoms with Crippen LogP contribution in [0.5, 0.6) is 0 Å². The highest BCUT2D eigenvalue weighted by atomic mass is 32.1. The van der Waals surface area contributed by atoms with Gasteiger partial charge in [-0.3, -0.25) is 0 Å². The van der Waals surface area contributed by atoms with E-state index in [0.29, 0.717) is 4.99 Å². The second kappa shape index (κ2) is 6.11. The lowest BCUT2D eigenvalue weighted by Crippen LogP contribution is -2.31. The van der Waals surface area contributed by atoms with E-state index in [1.165, 1.54) is 25.9 Å². The van der Waals surface area contributed by atoms with Crippen LogP contribution < -0.4 is 10.6 Å². The lowest BCUT2D eigenvalue weighted by Gasteiger charge is -2.22. The number of likely N-dealkylation sites (tertiary alicyclic amines) is 1. The van der Waals surface area contributed by atoms with E-state index in [1.54, 1.807) is 6.20 Å². The Morgan fingerprint density at radius 3 is 2.89 bits per heavy atom. The van der Waals surface area contributed by atoms with Crippen LogP contribution in [0.15, 0.2) is 18.3 Å². The maximum atomic E-state index is 5.63. The van der Waals surface area contributed by atoms with E-state index in [4.69, 9.17) is 18.0 Å². The highest BCUT2D eigenvalue weighted by Crippen LogP contribution is 2.12. The summed E-state index contributed by atoms with van der Waals surface area (Å²) < 4.78 is 0. The van der Waals surface area contributed by atoms with E-state index >= 15 is 0 Å². The summed E-state index contributed by atoms with van der Waals surface area (Å²) >= 11 is 4.98. The molecule has 0 spiro atoms. The van der Waals surface area contributed by atoms with Crippen molar-refractivity contribution in [3.63, 3.8) is 0 Å². The van der Waals surface area contributed by atoms with Gasteiger partial charge in [0.1, 0.15) is 10.8 Å². The molecule has 0 amide bonds. The van der Waals surface area contributed by atoms with Crippen molar-refractivity contribution in [1.82, 2.24) is 9.88 Å². The van der Waals surface area contributed by atoms with Gasteiger partial charge < -0.3 is 15.5 Å². The van der Waals surface area contributed by atoms with Crippen LogP contribution in [0, 0.1) is 0 Å². The molecule has 0 aromatic carbocycles. The molecule has 1 aromatic rings. The second-order valence-electron chi connectivity index (χ2n) is 4.74. The number of hydrogen-bond donors (Lipinski definition) is 1. The number of hydrogen-bond acceptors (Lipinski definition) is 4. The van der Waals surface area contributed by atoms with Crippen molar-refractivity contribution >= 4 is 23.0 Å². The fraction of sp³-hybridized carbons (Fsp3) is 0.538. The van der Waals surface area contributed by atoms with Crippen molar-refractivity contribution < 1.29 is 0 Å². The number of thiocarbonyl (C=S) groups is 1. The Labute approximate surface area is 114 Å². The summed E-state index contributed by atoms with van der Waals surface area (Å²) in [6.45, 7) is 4.53. The first-order valence-electron chi connectivity index (χ1n) is 6.36. The molecule has 2 N–H and O–H groups in total. The van der Waals surface area contributed by atoms with Gasteiger partial charge in [-0.05, 0) is 38.1 Å². The van der Waals surface area contributed by atoms with Gasteiger partial charge in [0, 0.05) is 31.9 Å². The Morgan fingerprint density at radius 1 is 1.50 bits per heavy atom. The Balaban J connectivity index is 1.93. The maximum Gasteiger partial charge on any atom is 0.128 e. The SMILES string of the molecule is CN(CCN1CCCC1)c1cc(C(N)=S)ccn1. The van der Waals surface area contributed by atoms with Crippen LogP contribution >= 0.6 is 12.2 Å². The smallest absolute Gasteiger partial charge is 0.128 e. The molecule has 2 heterocycles. The minimum absolute atomic E-state index is 0.423. The third kappa shape index (κ3) is 3.40. The number of pyridine rings is 1. The molecule has 0 aliphatic carbocycles. The average Bonchev–Trinajstić information content (AvgIpc) is 2.89. The number of likely N-dealkylation sites (N-methyl/N-ethyl adjacent to an activating group) is 1. The van der Waals surface area contributed by atoms with Crippen LogP contribution in [-0.4, -0.2) is 48.1 Å². The molecule has 5 heteroatoms. The van der Waals surface area contributed by atoms with Gasteiger partial charge in [-0.2, -0.15) is 0 Å². The molecule has 0 bridgehead atoms. The largest absolute Gasteiger partial charge is 0.389 e. The van der Waals surface area contributed by atoms with Crippen LogP contribution in [0.2, 0.25) is 0 Å². The first-order valence-corrected chi connectivity index (χ1v) is 6.77. The molecular formula is C13H20N4S. The van der Waals surface area contributed by atoms with Crippen molar-refractivity contribution in [2.75, 3.05) is 38.1 Å². The summed E-state index contributed by atoms with van der Waals surface area (Å²) in [7, 11) is 2.06. The Kier molecular flexibility index (Phi) is 4.49.